The van der Waals surface area contributed by atoms with Crippen molar-refractivity contribution < 1.29 is 19.1 Å². The maximum atomic E-state index is 12.5. The van der Waals surface area contributed by atoms with Crippen molar-refractivity contribution in [1.29, 1.82) is 0 Å². The molecule has 0 N–H and O–H groups in total. The van der Waals surface area contributed by atoms with Crippen molar-refractivity contribution in [3.63, 3.8) is 0 Å². The average Bonchev–Trinajstić information content (AvgIpc) is 3.22. The summed E-state index contributed by atoms with van der Waals surface area (Å²) in [6.45, 7) is 2.83. The van der Waals surface area contributed by atoms with Gasteiger partial charge in [0.15, 0.2) is 0 Å². The highest BCUT2D eigenvalue weighted by Gasteiger charge is 2.29. The van der Waals surface area contributed by atoms with Crippen molar-refractivity contribution >= 4 is 35.5 Å². The molecular formula is C18H25ClN4O4. The number of carbonyl (C=O) groups is 3. The monoisotopic (exact) mass is 396 g/mol. The third-order valence-corrected chi connectivity index (χ3v) is 4.86. The summed E-state index contributed by atoms with van der Waals surface area (Å²) >= 11 is 6.17. The third kappa shape index (κ3) is 5.32. The first-order chi connectivity index (χ1) is 12.8. The second-order valence-corrected chi connectivity index (χ2v) is 6.72. The molecule has 0 aromatic carbocycles. The first-order valence-corrected chi connectivity index (χ1v) is 9.28. The minimum Gasteiger partial charge on any atom is -0.469 e. The molecule has 9 heteroatoms. The Labute approximate surface area is 163 Å². The van der Waals surface area contributed by atoms with Crippen LogP contribution in [-0.2, 0) is 26.2 Å². The smallest absolute Gasteiger partial charge is 0.305 e. The summed E-state index contributed by atoms with van der Waals surface area (Å²) in [6, 6.07) is 0. The van der Waals surface area contributed by atoms with Crippen LogP contribution in [0.25, 0.3) is 6.08 Å². The molecule has 8 nitrogen and oxygen atoms in total. The number of unbranched alkanes of at least 4 members (excludes halogenated alkanes) is 1. The molecule has 2 rings (SSSR count). The van der Waals surface area contributed by atoms with Crippen LogP contribution >= 0.6 is 11.6 Å². The predicted molar refractivity (Wildman–Crippen MR) is 101 cm³/mol. The molecule has 0 saturated carbocycles. The Balaban J connectivity index is 1.92. The van der Waals surface area contributed by atoms with E-state index in [9.17, 15) is 14.4 Å². The lowest BCUT2D eigenvalue weighted by atomic mass is 10.2. The van der Waals surface area contributed by atoms with Crippen molar-refractivity contribution in [2.45, 2.75) is 39.0 Å². The lowest BCUT2D eigenvalue weighted by Gasteiger charge is -2.27. The number of aromatic nitrogens is 2. The second kappa shape index (κ2) is 9.55. The van der Waals surface area contributed by atoms with Gasteiger partial charge in [-0.15, -0.1) is 0 Å². The van der Waals surface area contributed by atoms with E-state index in [0.717, 1.165) is 12.1 Å². The molecule has 2 amide bonds. The number of carbonyl (C=O) groups excluding carboxylic acids is 3. The second-order valence-electron chi connectivity index (χ2n) is 6.36. The van der Waals surface area contributed by atoms with E-state index in [1.807, 2.05) is 6.92 Å². The quantitative estimate of drug-likeness (QED) is 0.400. The maximum absolute atomic E-state index is 12.5. The largest absolute Gasteiger partial charge is 0.469 e. The molecule has 1 aromatic rings. The molecule has 0 unspecified atom stereocenters. The van der Waals surface area contributed by atoms with Crippen LogP contribution in [-0.4, -0.2) is 57.8 Å². The van der Waals surface area contributed by atoms with Gasteiger partial charge in [-0.1, -0.05) is 11.6 Å². The van der Waals surface area contributed by atoms with Gasteiger partial charge in [0.1, 0.15) is 5.15 Å². The van der Waals surface area contributed by atoms with Crippen molar-refractivity contribution in [2.24, 2.45) is 7.05 Å². The van der Waals surface area contributed by atoms with Crippen LogP contribution < -0.4 is 0 Å². The molecule has 1 aromatic heterocycles. The van der Waals surface area contributed by atoms with Crippen LogP contribution in [0.5, 0.6) is 0 Å². The number of hydrazine groups is 1. The van der Waals surface area contributed by atoms with E-state index in [-0.39, 0.29) is 24.2 Å². The fourth-order valence-electron chi connectivity index (χ4n) is 2.95. The fraction of sp³-hybridized carbons (Fsp3) is 0.556. The fourth-order valence-corrected chi connectivity index (χ4v) is 3.19. The number of methoxy groups -OCH3 is 1. The summed E-state index contributed by atoms with van der Waals surface area (Å²) < 4.78 is 6.12. The van der Waals surface area contributed by atoms with Gasteiger partial charge in [-0.3, -0.25) is 24.1 Å². The molecular weight excluding hydrogens is 372 g/mol. The van der Waals surface area contributed by atoms with Crippen molar-refractivity contribution in [1.82, 2.24) is 19.8 Å². The number of hydrogen-bond acceptors (Lipinski definition) is 5. The zero-order valence-electron chi connectivity index (χ0n) is 15.9. The molecule has 1 fully saturated rings. The minimum absolute atomic E-state index is 0.116. The number of aryl methyl sites for hydroxylation is 2. The van der Waals surface area contributed by atoms with Gasteiger partial charge in [0.2, 0.25) is 5.91 Å². The van der Waals surface area contributed by atoms with Gasteiger partial charge >= 0.3 is 5.97 Å². The van der Waals surface area contributed by atoms with Crippen LogP contribution in [0.1, 0.15) is 43.4 Å². The molecule has 0 spiro atoms. The third-order valence-electron chi connectivity index (χ3n) is 4.41. The van der Waals surface area contributed by atoms with E-state index in [4.69, 9.17) is 11.6 Å². The molecule has 2 heterocycles. The summed E-state index contributed by atoms with van der Waals surface area (Å²) in [5.74, 6) is -0.667. The first kappa shape index (κ1) is 21.0. The van der Waals surface area contributed by atoms with Gasteiger partial charge in [-0.05, 0) is 32.3 Å². The van der Waals surface area contributed by atoms with Crippen LogP contribution in [0.2, 0.25) is 5.15 Å². The Bertz CT molecular complexity index is 744. The molecule has 0 bridgehead atoms. The predicted octanol–water partition coefficient (Wildman–Crippen LogP) is 2.10. The van der Waals surface area contributed by atoms with E-state index in [1.165, 1.54) is 23.2 Å². The molecule has 27 heavy (non-hydrogen) atoms. The van der Waals surface area contributed by atoms with E-state index >= 15 is 0 Å². The van der Waals surface area contributed by atoms with Crippen LogP contribution in [0.3, 0.4) is 0 Å². The Hall–Kier alpha value is -2.35. The van der Waals surface area contributed by atoms with Gasteiger partial charge < -0.3 is 4.74 Å². The zero-order chi connectivity index (χ0) is 20.0. The summed E-state index contributed by atoms with van der Waals surface area (Å²) in [4.78, 5) is 36.1. The number of rotatable bonds is 7. The van der Waals surface area contributed by atoms with Crippen LogP contribution in [0.4, 0.5) is 0 Å². The minimum atomic E-state index is -0.282. The topological polar surface area (TPSA) is 84.7 Å². The highest BCUT2D eigenvalue weighted by molar-refractivity contribution is 6.31. The van der Waals surface area contributed by atoms with E-state index in [1.54, 1.807) is 17.8 Å². The number of esters is 1. The maximum Gasteiger partial charge on any atom is 0.305 e. The van der Waals surface area contributed by atoms with Gasteiger partial charge in [0.05, 0.1) is 12.8 Å². The van der Waals surface area contributed by atoms with E-state index in [0.29, 0.717) is 43.1 Å². The molecule has 1 aliphatic heterocycles. The van der Waals surface area contributed by atoms with Crippen molar-refractivity contribution in [3.05, 3.63) is 22.5 Å². The lowest BCUT2D eigenvalue weighted by Crippen LogP contribution is -2.44. The molecule has 0 aliphatic carbocycles. The average molecular weight is 397 g/mol. The van der Waals surface area contributed by atoms with Crippen molar-refractivity contribution in [3.8, 4) is 0 Å². The van der Waals surface area contributed by atoms with Crippen LogP contribution in [0, 0.1) is 6.92 Å². The lowest BCUT2D eigenvalue weighted by molar-refractivity contribution is -0.154. The summed E-state index contributed by atoms with van der Waals surface area (Å²) in [5.41, 5.74) is 1.42. The van der Waals surface area contributed by atoms with E-state index < -0.39 is 0 Å². The Morgan fingerprint density at radius 3 is 2.48 bits per heavy atom. The number of ether oxygens (including phenoxy) is 1. The molecule has 1 saturated heterocycles. The highest BCUT2D eigenvalue weighted by Crippen LogP contribution is 2.21. The van der Waals surface area contributed by atoms with Gasteiger partial charge in [0, 0.05) is 44.6 Å². The molecule has 1 aliphatic rings. The van der Waals surface area contributed by atoms with Gasteiger partial charge in [-0.25, -0.2) is 5.01 Å². The zero-order valence-corrected chi connectivity index (χ0v) is 16.7. The molecule has 0 radical (unpaired) electrons. The highest BCUT2D eigenvalue weighted by atomic mass is 35.5. The normalized spacial score (nSPS) is 14.2. The summed E-state index contributed by atoms with van der Waals surface area (Å²) in [7, 11) is 3.07. The SMILES string of the molecule is COC(=O)CCCCC(=O)N1CCCN1C(=O)C=Cc1c(C)nn(C)c1Cl. The van der Waals surface area contributed by atoms with Crippen molar-refractivity contribution in [2.75, 3.05) is 20.2 Å². The summed E-state index contributed by atoms with van der Waals surface area (Å²) in [5, 5.41) is 7.60. The first-order valence-electron chi connectivity index (χ1n) is 8.91. The standard InChI is InChI=1S/C18H25ClN4O4/c1-13-14(18(19)21(2)20-13)9-10-16(25)23-12-6-11-22(23)15(24)7-4-5-8-17(26)27-3/h9-10H,4-8,11-12H2,1-3H3. The number of halogens is 1. The van der Waals surface area contributed by atoms with E-state index in [2.05, 4.69) is 9.84 Å². The summed E-state index contributed by atoms with van der Waals surface area (Å²) in [6.07, 6.45) is 5.52. The van der Waals surface area contributed by atoms with Gasteiger partial charge in [-0.2, -0.15) is 5.10 Å². The van der Waals surface area contributed by atoms with Gasteiger partial charge in [0.25, 0.3) is 5.91 Å². The Morgan fingerprint density at radius 1 is 1.19 bits per heavy atom. The molecule has 148 valence electrons. The number of hydrogen-bond donors (Lipinski definition) is 0. The number of amides is 2. The Kier molecular flexibility index (Phi) is 7.41. The Morgan fingerprint density at radius 2 is 1.85 bits per heavy atom. The molecule has 0 atom stereocenters. The number of nitrogens with zero attached hydrogens (tertiary/aromatic N) is 4. The van der Waals surface area contributed by atoms with Crippen LogP contribution in [0.15, 0.2) is 6.08 Å².